The zero-order valence-corrected chi connectivity index (χ0v) is 18.9. The first kappa shape index (κ1) is 18.9. The highest BCUT2D eigenvalue weighted by Gasteiger charge is 2.22. The van der Waals surface area contributed by atoms with E-state index in [1.807, 2.05) is 0 Å². The molecule has 3 heteroatoms. The summed E-state index contributed by atoms with van der Waals surface area (Å²) in [4.78, 5) is 4.90. The van der Waals surface area contributed by atoms with Gasteiger partial charge in [-0.05, 0) is 47.9 Å². The standard InChI is InChI=1S/C25H30N2Si/c1-7-27-23-11-9-8-10-19(23)21-14-18(12-13-24(21)27)22-15-20(17(2)3)25(16-26-22)28(4,5)6/h8-17H,7H2,1-6H3. The summed E-state index contributed by atoms with van der Waals surface area (Å²) in [5, 5.41) is 4.12. The second-order valence-corrected chi connectivity index (χ2v) is 14.1. The largest absolute Gasteiger partial charge is 0.341 e. The number of hydrogen-bond donors (Lipinski definition) is 0. The number of rotatable bonds is 4. The Morgan fingerprint density at radius 1 is 0.929 bits per heavy atom. The first-order chi connectivity index (χ1) is 13.3. The third-order valence-electron chi connectivity index (χ3n) is 5.75. The minimum atomic E-state index is -1.41. The first-order valence-corrected chi connectivity index (χ1v) is 13.8. The molecule has 4 rings (SSSR count). The lowest BCUT2D eigenvalue weighted by Gasteiger charge is -2.23. The normalized spacial score (nSPS) is 12.4. The van der Waals surface area contributed by atoms with Gasteiger partial charge < -0.3 is 4.57 Å². The molecule has 0 atom stereocenters. The molecule has 2 aromatic carbocycles. The van der Waals surface area contributed by atoms with Crippen molar-refractivity contribution in [3.8, 4) is 11.3 Å². The van der Waals surface area contributed by atoms with Gasteiger partial charge in [0.25, 0.3) is 0 Å². The molecule has 0 saturated carbocycles. The van der Waals surface area contributed by atoms with E-state index in [0.717, 1.165) is 12.2 Å². The Morgan fingerprint density at radius 3 is 2.32 bits per heavy atom. The highest BCUT2D eigenvalue weighted by atomic mass is 28.3. The molecule has 28 heavy (non-hydrogen) atoms. The van der Waals surface area contributed by atoms with Crippen molar-refractivity contribution < 1.29 is 0 Å². The number of benzene rings is 2. The van der Waals surface area contributed by atoms with E-state index in [0.29, 0.717) is 5.92 Å². The molecule has 0 aliphatic carbocycles. The number of hydrogen-bond acceptors (Lipinski definition) is 1. The molecule has 2 aromatic heterocycles. The molecule has 0 N–H and O–H groups in total. The van der Waals surface area contributed by atoms with Crippen molar-refractivity contribution >= 4 is 35.1 Å². The zero-order valence-electron chi connectivity index (χ0n) is 17.9. The summed E-state index contributed by atoms with van der Waals surface area (Å²) in [6.45, 7) is 15.0. The summed E-state index contributed by atoms with van der Waals surface area (Å²) < 4.78 is 2.40. The summed E-state index contributed by atoms with van der Waals surface area (Å²) in [6, 6.07) is 17.9. The predicted octanol–water partition coefficient (Wildman–Crippen LogP) is 6.55. The van der Waals surface area contributed by atoms with Crippen LogP contribution in [0.3, 0.4) is 0 Å². The van der Waals surface area contributed by atoms with E-state index in [2.05, 4.69) is 99.7 Å². The van der Waals surface area contributed by atoms with E-state index in [4.69, 9.17) is 4.98 Å². The monoisotopic (exact) mass is 386 g/mol. The Bertz CT molecular complexity index is 1160. The second-order valence-electron chi connectivity index (χ2n) is 9.05. The number of nitrogens with zero attached hydrogens (tertiary/aromatic N) is 2. The molecule has 0 aliphatic rings. The Balaban J connectivity index is 1.93. The van der Waals surface area contributed by atoms with Crippen molar-refractivity contribution in [1.82, 2.24) is 9.55 Å². The maximum absolute atomic E-state index is 4.90. The predicted molar refractivity (Wildman–Crippen MR) is 125 cm³/mol. The van der Waals surface area contributed by atoms with Crippen molar-refractivity contribution in [1.29, 1.82) is 0 Å². The Hall–Kier alpha value is -2.39. The minimum Gasteiger partial charge on any atom is -0.341 e. The van der Waals surface area contributed by atoms with Crippen LogP contribution in [-0.2, 0) is 6.54 Å². The average Bonchev–Trinajstić information content (AvgIpc) is 2.99. The summed E-state index contributed by atoms with van der Waals surface area (Å²) in [5.74, 6) is 0.509. The van der Waals surface area contributed by atoms with Crippen LogP contribution in [0, 0.1) is 0 Å². The average molecular weight is 387 g/mol. The van der Waals surface area contributed by atoms with Crippen molar-refractivity contribution in [2.45, 2.75) is 52.9 Å². The number of para-hydroxylation sites is 1. The van der Waals surface area contributed by atoms with Crippen LogP contribution < -0.4 is 5.19 Å². The van der Waals surface area contributed by atoms with E-state index in [-0.39, 0.29) is 0 Å². The summed E-state index contributed by atoms with van der Waals surface area (Å²) in [5.41, 5.74) is 6.36. The van der Waals surface area contributed by atoms with E-state index in [1.165, 1.54) is 38.1 Å². The minimum absolute atomic E-state index is 0.509. The van der Waals surface area contributed by atoms with Gasteiger partial charge in [0.15, 0.2) is 0 Å². The number of aromatic nitrogens is 2. The van der Waals surface area contributed by atoms with Gasteiger partial charge in [-0.15, -0.1) is 0 Å². The maximum atomic E-state index is 4.90. The molecule has 0 radical (unpaired) electrons. The fourth-order valence-electron chi connectivity index (χ4n) is 4.29. The van der Waals surface area contributed by atoms with Crippen molar-refractivity contribution in [2.75, 3.05) is 0 Å². The molecule has 0 fully saturated rings. The molecular formula is C25H30N2Si. The number of fused-ring (bicyclic) bond motifs is 3. The van der Waals surface area contributed by atoms with E-state index < -0.39 is 8.07 Å². The lowest BCUT2D eigenvalue weighted by molar-refractivity contribution is 0.827. The van der Waals surface area contributed by atoms with Crippen LogP contribution in [0.1, 0.15) is 32.3 Å². The Kier molecular flexibility index (Phi) is 4.66. The molecule has 144 valence electrons. The van der Waals surface area contributed by atoms with E-state index in [1.54, 1.807) is 0 Å². The Morgan fingerprint density at radius 2 is 1.64 bits per heavy atom. The molecule has 0 aliphatic heterocycles. The van der Waals surface area contributed by atoms with Crippen molar-refractivity contribution in [3.05, 3.63) is 60.3 Å². The lowest BCUT2D eigenvalue weighted by Crippen LogP contribution is -2.40. The van der Waals surface area contributed by atoms with Gasteiger partial charge in [0.2, 0.25) is 0 Å². The number of pyridine rings is 1. The molecular weight excluding hydrogens is 356 g/mol. The second kappa shape index (κ2) is 6.89. The molecule has 0 bridgehead atoms. The van der Waals surface area contributed by atoms with Gasteiger partial charge in [0.1, 0.15) is 0 Å². The molecule has 0 unspecified atom stereocenters. The number of aryl methyl sites for hydroxylation is 1. The van der Waals surface area contributed by atoms with Crippen LogP contribution in [0.25, 0.3) is 33.1 Å². The highest BCUT2D eigenvalue weighted by Crippen LogP contribution is 2.32. The van der Waals surface area contributed by atoms with Crippen LogP contribution in [0.5, 0.6) is 0 Å². The van der Waals surface area contributed by atoms with Crippen molar-refractivity contribution in [2.24, 2.45) is 0 Å². The van der Waals surface area contributed by atoms with E-state index in [9.17, 15) is 0 Å². The third kappa shape index (κ3) is 3.08. The molecule has 4 aromatic rings. The van der Waals surface area contributed by atoms with Gasteiger partial charge >= 0.3 is 0 Å². The maximum Gasteiger partial charge on any atom is 0.0799 e. The van der Waals surface area contributed by atoms with Gasteiger partial charge in [-0.25, -0.2) is 0 Å². The fourth-order valence-corrected chi connectivity index (χ4v) is 5.97. The smallest absolute Gasteiger partial charge is 0.0799 e. The SMILES string of the molecule is CCn1c2ccccc2c2cc(-c3cc(C(C)C)c([Si](C)(C)C)cn3)ccc21. The van der Waals surface area contributed by atoms with Crippen LogP contribution in [0.2, 0.25) is 19.6 Å². The van der Waals surface area contributed by atoms with Gasteiger partial charge in [0, 0.05) is 40.1 Å². The van der Waals surface area contributed by atoms with E-state index >= 15 is 0 Å². The Labute approximate surface area is 169 Å². The molecule has 0 spiro atoms. The topological polar surface area (TPSA) is 17.8 Å². The summed E-state index contributed by atoms with van der Waals surface area (Å²) in [7, 11) is -1.41. The summed E-state index contributed by atoms with van der Waals surface area (Å²) in [6.07, 6.45) is 2.15. The highest BCUT2D eigenvalue weighted by molar-refractivity contribution is 6.89. The fraction of sp³-hybridized carbons (Fsp3) is 0.320. The molecule has 2 nitrogen and oxygen atoms in total. The molecule has 2 heterocycles. The van der Waals surface area contributed by atoms with Gasteiger partial charge in [0.05, 0.1) is 13.8 Å². The van der Waals surface area contributed by atoms with Crippen LogP contribution >= 0.6 is 0 Å². The van der Waals surface area contributed by atoms with Crippen LogP contribution in [-0.4, -0.2) is 17.6 Å². The zero-order chi connectivity index (χ0) is 20.1. The quantitative estimate of drug-likeness (QED) is 0.364. The summed E-state index contributed by atoms with van der Waals surface area (Å²) >= 11 is 0. The van der Waals surface area contributed by atoms with Crippen molar-refractivity contribution in [3.63, 3.8) is 0 Å². The van der Waals surface area contributed by atoms with Gasteiger partial charge in [-0.1, -0.05) is 57.8 Å². The molecule has 0 amide bonds. The van der Waals surface area contributed by atoms with Crippen LogP contribution in [0.4, 0.5) is 0 Å². The lowest BCUT2D eigenvalue weighted by atomic mass is 10.0. The van der Waals surface area contributed by atoms with Crippen LogP contribution in [0.15, 0.2) is 54.7 Å². The third-order valence-corrected chi connectivity index (χ3v) is 7.78. The van der Waals surface area contributed by atoms with Gasteiger partial charge in [-0.3, -0.25) is 4.98 Å². The van der Waals surface area contributed by atoms with Gasteiger partial charge in [-0.2, -0.15) is 0 Å². The molecule has 0 saturated heterocycles. The first-order valence-electron chi connectivity index (χ1n) is 10.3.